The van der Waals surface area contributed by atoms with Crippen molar-refractivity contribution in [3.05, 3.63) is 17.8 Å². The molecule has 0 bridgehead atoms. The number of anilines is 1. The van der Waals surface area contributed by atoms with Crippen LogP contribution < -0.4 is 5.73 Å². The van der Waals surface area contributed by atoms with Gasteiger partial charge in [-0.15, -0.1) is 11.3 Å². The van der Waals surface area contributed by atoms with Crippen molar-refractivity contribution in [1.29, 1.82) is 0 Å². The summed E-state index contributed by atoms with van der Waals surface area (Å²) in [5.41, 5.74) is 8.63. The van der Waals surface area contributed by atoms with Crippen molar-refractivity contribution in [3.63, 3.8) is 0 Å². The maximum Gasteiger partial charge on any atom is 0.490 e. The molecule has 21 heavy (non-hydrogen) atoms. The third kappa shape index (κ3) is 2.89. The minimum absolute atomic E-state index is 0.506. The Morgan fingerprint density at radius 2 is 2.10 bits per heavy atom. The molecule has 0 spiro atoms. The molecule has 0 fully saturated rings. The molecule has 3 aromatic rings. The minimum Gasteiger partial charge on any atom is -0.475 e. The van der Waals surface area contributed by atoms with Crippen LogP contribution in [0.5, 0.6) is 0 Å². The quantitative estimate of drug-likeness (QED) is 0.664. The Labute approximate surface area is 119 Å². The van der Waals surface area contributed by atoms with Crippen molar-refractivity contribution < 1.29 is 23.1 Å². The first-order valence-corrected chi connectivity index (χ1v) is 6.33. The highest BCUT2D eigenvalue weighted by molar-refractivity contribution is 7.18. The van der Waals surface area contributed by atoms with E-state index < -0.39 is 12.1 Å². The first-order chi connectivity index (χ1) is 9.71. The molecule has 0 aliphatic heterocycles. The molecule has 0 aliphatic rings. The molecule has 0 saturated heterocycles. The molecule has 0 radical (unpaired) electrons. The van der Waals surface area contributed by atoms with E-state index in [0.29, 0.717) is 5.82 Å². The van der Waals surface area contributed by atoms with Gasteiger partial charge >= 0.3 is 12.1 Å². The zero-order valence-electron chi connectivity index (χ0n) is 10.5. The molecule has 3 rings (SSSR count). The fraction of sp³-hybridized carbons (Fsp3) is 0.182. The Bertz CT molecular complexity index is 809. The molecule has 6 nitrogen and oxygen atoms in total. The summed E-state index contributed by atoms with van der Waals surface area (Å²) in [6.45, 7) is 0. The molecule has 0 amide bonds. The fourth-order valence-electron chi connectivity index (χ4n) is 1.64. The van der Waals surface area contributed by atoms with Crippen LogP contribution in [0.2, 0.25) is 0 Å². The number of fused-ring (bicyclic) bond motifs is 3. The van der Waals surface area contributed by atoms with Gasteiger partial charge in [0.1, 0.15) is 5.52 Å². The van der Waals surface area contributed by atoms with Gasteiger partial charge in [-0.05, 0) is 11.4 Å². The van der Waals surface area contributed by atoms with Crippen molar-refractivity contribution in [2.24, 2.45) is 7.05 Å². The van der Waals surface area contributed by atoms with E-state index in [2.05, 4.69) is 9.97 Å². The number of hydrogen-bond acceptors (Lipinski definition) is 5. The van der Waals surface area contributed by atoms with Gasteiger partial charge in [0.15, 0.2) is 5.82 Å². The third-order valence-corrected chi connectivity index (χ3v) is 3.43. The predicted octanol–water partition coefficient (Wildman–Crippen LogP) is 2.40. The predicted molar refractivity (Wildman–Crippen MR) is 72.0 cm³/mol. The van der Waals surface area contributed by atoms with Crippen LogP contribution in [0, 0.1) is 0 Å². The van der Waals surface area contributed by atoms with E-state index in [1.807, 2.05) is 23.1 Å². The summed E-state index contributed by atoms with van der Waals surface area (Å²) in [7, 11) is 1.97. The molecule has 112 valence electrons. The number of halogens is 3. The van der Waals surface area contributed by atoms with Crippen LogP contribution in [-0.2, 0) is 11.8 Å². The topological polar surface area (TPSA) is 94.0 Å². The largest absolute Gasteiger partial charge is 0.490 e. The van der Waals surface area contributed by atoms with E-state index >= 15 is 0 Å². The molecule has 3 aromatic heterocycles. The Balaban J connectivity index is 0.000000199. The van der Waals surface area contributed by atoms with E-state index in [-0.39, 0.29) is 0 Å². The van der Waals surface area contributed by atoms with E-state index in [1.165, 1.54) is 0 Å². The number of nitrogens with zero attached hydrogens (tertiary/aromatic N) is 3. The number of pyridine rings is 1. The van der Waals surface area contributed by atoms with Gasteiger partial charge in [0.05, 0.1) is 22.1 Å². The molecule has 0 atom stereocenters. The van der Waals surface area contributed by atoms with Crippen LogP contribution in [-0.4, -0.2) is 31.8 Å². The SMILES string of the molecule is Cn1cnc2c(N)nc3ccsc3c21.O=C(O)C(F)(F)F. The standard InChI is InChI=1S/C9H8N4S.C2HF3O2/c1-13-4-11-6-7(13)8-5(2-3-14-8)12-9(6)10;3-2(4,5)1(6)7/h2-4H,1H3,(H2,10,12);(H,6,7). The molecule has 0 aromatic carbocycles. The molecule has 0 aliphatic carbocycles. The van der Waals surface area contributed by atoms with E-state index in [4.69, 9.17) is 15.6 Å². The van der Waals surface area contributed by atoms with Gasteiger partial charge in [-0.25, -0.2) is 14.8 Å². The van der Waals surface area contributed by atoms with Crippen LogP contribution in [0.4, 0.5) is 19.0 Å². The monoisotopic (exact) mass is 318 g/mol. The number of carboxylic acid groups (broad SMARTS) is 1. The highest BCUT2D eigenvalue weighted by Crippen LogP contribution is 2.30. The number of carbonyl (C=O) groups is 1. The van der Waals surface area contributed by atoms with Crippen molar-refractivity contribution in [1.82, 2.24) is 14.5 Å². The minimum atomic E-state index is -5.08. The Morgan fingerprint density at radius 3 is 2.67 bits per heavy atom. The molecular weight excluding hydrogens is 309 g/mol. The number of alkyl halides is 3. The Kier molecular flexibility index (Phi) is 3.73. The number of aromatic nitrogens is 3. The second kappa shape index (κ2) is 5.20. The zero-order valence-corrected chi connectivity index (χ0v) is 11.4. The Hall–Kier alpha value is -2.36. The molecule has 0 saturated carbocycles. The zero-order chi connectivity index (χ0) is 15.8. The number of nitrogens with two attached hydrogens (primary N) is 1. The molecule has 0 unspecified atom stereocenters. The third-order valence-electron chi connectivity index (χ3n) is 2.52. The van der Waals surface area contributed by atoms with Gasteiger partial charge in [0.2, 0.25) is 0 Å². The van der Waals surface area contributed by atoms with Crippen LogP contribution >= 0.6 is 11.3 Å². The normalized spacial score (nSPS) is 11.4. The van der Waals surface area contributed by atoms with Crippen molar-refractivity contribution >= 4 is 44.4 Å². The number of rotatable bonds is 0. The second-order valence-electron chi connectivity index (χ2n) is 3.99. The Morgan fingerprint density at radius 1 is 1.48 bits per heavy atom. The van der Waals surface area contributed by atoms with Gasteiger partial charge in [-0.1, -0.05) is 0 Å². The number of hydrogen-bond donors (Lipinski definition) is 2. The van der Waals surface area contributed by atoms with Crippen molar-refractivity contribution in [2.45, 2.75) is 6.18 Å². The van der Waals surface area contributed by atoms with Crippen LogP contribution in [0.3, 0.4) is 0 Å². The lowest BCUT2D eigenvalue weighted by Gasteiger charge is -1.98. The molecule has 10 heteroatoms. The maximum atomic E-state index is 10.6. The maximum absolute atomic E-state index is 10.6. The smallest absolute Gasteiger partial charge is 0.475 e. The average molecular weight is 318 g/mol. The summed E-state index contributed by atoms with van der Waals surface area (Å²) in [6, 6.07) is 1.98. The number of imidazole rings is 1. The first-order valence-electron chi connectivity index (χ1n) is 5.45. The molecule has 3 heterocycles. The van der Waals surface area contributed by atoms with Crippen LogP contribution in [0.1, 0.15) is 0 Å². The summed E-state index contributed by atoms with van der Waals surface area (Å²) in [5.74, 6) is -2.25. The second-order valence-corrected chi connectivity index (χ2v) is 4.90. The van der Waals surface area contributed by atoms with Crippen LogP contribution in [0.15, 0.2) is 17.8 Å². The summed E-state index contributed by atoms with van der Waals surface area (Å²) in [5, 5.41) is 9.14. The number of nitrogen functional groups attached to an aromatic ring is 1. The highest BCUT2D eigenvalue weighted by atomic mass is 32.1. The number of aliphatic carboxylic acids is 1. The van der Waals surface area contributed by atoms with E-state index in [0.717, 1.165) is 21.3 Å². The lowest BCUT2D eigenvalue weighted by atomic mass is 10.3. The molecule has 3 N–H and O–H groups in total. The van der Waals surface area contributed by atoms with Crippen molar-refractivity contribution in [3.8, 4) is 0 Å². The summed E-state index contributed by atoms with van der Waals surface area (Å²) < 4.78 is 34.9. The van der Waals surface area contributed by atoms with E-state index in [1.54, 1.807) is 17.7 Å². The van der Waals surface area contributed by atoms with Crippen LogP contribution in [0.25, 0.3) is 21.3 Å². The van der Waals surface area contributed by atoms with Crippen molar-refractivity contribution in [2.75, 3.05) is 5.73 Å². The summed E-state index contributed by atoms with van der Waals surface area (Å²) in [4.78, 5) is 17.4. The summed E-state index contributed by atoms with van der Waals surface area (Å²) in [6.07, 6.45) is -3.32. The lowest BCUT2D eigenvalue weighted by molar-refractivity contribution is -0.192. The lowest BCUT2D eigenvalue weighted by Crippen LogP contribution is -2.21. The van der Waals surface area contributed by atoms with Gasteiger partial charge in [0, 0.05) is 7.05 Å². The fourth-order valence-corrected chi connectivity index (χ4v) is 2.56. The average Bonchev–Trinajstić information content (AvgIpc) is 2.95. The number of thiophene rings is 1. The summed E-state index contributed by atoms with van der Waals surface area (Å²) >= 11 is 1.67. The van der Waals surface area contributed by atoms with Gasteiger partial charge in [0.25, 0.3) is 0 Å². The molecular formula is C11H9F3N4O2S. The number of carboxylic acids is 1. The number of aryl methyl sites for hydroxylation is 1. The van der Waals surface area contributed by atoms with Gasteiger partial charge < -0.3 is 15.4 Å². The first kappa shape index (κ1) is 15.0. The van der Waals surface area contributed by atoms with Gasteiger partial charge in [-0.3, -0.25) is 0 Å². The van der Waals surface area contributed by atoms with E-state index in [9.17, 15) is 13.2 Å². The highest BCUT2D eigenvalue weighted by Gasteiger charge is 2.38. The van der Waals surface area contributed by atoms with Gasteiger partial charge in [-0.2, -0.15) is 13.2 Å².